The predicted octanol–water partition coefficient (Wildman–Crippen LogP) is 4.15. The van der Waals surface area contributed by atoms with Crippen LogP contribution < -0.4 is 5.73 Å². The van der Waals surface area contributed by atoms with Crippen molar-refractivity contribution in [2.75, 3.05) is 7.05 Å². The fourth-order valence-corrected chi connectivity index (χ4v) is 3.17. The molecule has 5 nitrogen and oxygen atoms in total. The number of carbonyl (C=O) groups excluding carboxylic acids is 2. The highest BCUT2D eigenvalue weighted by molar-refractivity contribution is 5.97. The third-order valence-corrected chi connectivity index (χ3v) is 4.70. The molecule has 3 aromatic rings. The van der Waals surface area contributed by atoms with Gasteiger partial charge in [-0.3, -0.25) is 9.59 Å². The summed E-state index contributed by atoms with van der Waals surface area (Å²) in [6, 6.07) is 14.3. The first-order chi connectivity index (χ1) is 13.0. The number of primary amides is 1. The van der Waals surface area contributed by atoms with Gasteiger partial charge in [-0.15, -0.1) is 0 Å². The van der Waals surface area contributed by atoms with E-state index in [1.807, 2.05) is 24.3 Å². The zero-order chi connectivity index (χ0) is 19.4. The minimum absolute atomic E-state index is 0.113. The Morgan fingerprint density at radius 1 is 1.04 bits per heavy atom. The van der Waals surface area contributed by atoms with Crippen LogP contribution in [-0.2, 0) is 13.0 Å². The minimum Gasteiger partial charge on any atom is -0.461 e. The Morgan fingerprint density at radius 2 is 1.70 bits per heavy atom. The minimum atomic E-state index is -0.507. The number of amides is 2. The quantitative estimate of drug-likeness (QED) is 0.684. The van der Waals surface area contributed by atoms with Gasteiger partial charge in [0, 0.05) is 42.1 Å². The number of aryl methyl sites for hydroxylation is 1. The van der Waals surface area contributed by atoms with Crippen molar-refractivity contribution in [1.82, 2.24) is 4.90 Å². The van der Waals surface area contributed by atoms with E-state index in [0.29, 0.717) is 17.7 Å². The number of nitrogens with zero attached hydrogens (tertiary/aromatic N) is 1. The van der Waals surface area contributed by atoms with Gasteiger partial charge < -0.3 is 15.1 Å². The van der Waals surface area contributed by atoms with E-state index in [1.54, 1.807) is 36.2 Å². The highest BCUT2D eigenvalue weighted by atomic mass is 16.3. The molecule has 0 aliphatic rings. The highest BCUT2D eigenvalue weighted by Crippen LogP contribution is 2.28. The molecule has 0 spiro atoms. The van der Waals surface area contributed by atoms with Gasteiger partial charge >= 0.3 is 0 Å². The summed E-state index contributed by atoms with van der Waals surface area (Å²) in [6.07, 6.45) is 2.98. The molecule has 2 amide bonds. The molecule has 0 saturated carbocycles. The molecule has 0 aliphatic heterocycles. The zero-order valence-corrected chi connectivity index (χ0v) is 15.7. The molecule has 3 rings (SSSR count). The van der Waals surface area contributed by atoms with E-state index >= 15 is 0 Å². The SMILES string of the molecule is CCCCc1oc2ccccc2c1CN(C)C(=O)c1ccc(C(N)=O)cc1. The lowest BCUT2D eigenvalue weighted by atomic mass is 10.1. The number of rotatable bonds is 7. The van der Waals surface area contributed by atoms with E-state index in [0.717, 1.165) is 41.6 Å². The summed E-state index contributed by atoms with van der Waals surface area (Å²) >= 11 is 0. The van der Waals surface area contributed by atoms with Gasteiger partial charge in [0.15, 0.2) is 0 Å². The van der Waals surface area contributed by atoms with E-state index in [4.69, 9.17) is 10.2 Å². The molecule has 0 fully saturated rings. The normalized spacial score (nSPS) is 10.9. The first kappa shape index (κ1) is 18.7. The van der Waals surface area contributed by atoms with Crippen LogP contribution in [0.25, 0.3) is 11.0 Å². The van der Waals surface area contributed by atoms with Gasteiger partial charge in [-0.25, -0.2) is 0 Å². The van der Waals surface area contributed by atoms with E-state index in [-0.39, 0.29) is 5.91 Å². The van der Waals surface area contributed by atoms with E-state index < -0.39 is 5.91 Å². The summed E-state index contributed by atoms with van der Waals surface area (Å²) in [5.74, 6) is 0.326. The van der Waals surface area contributed by atoms with Gasteiger partial charge in [-0.05, 0) is 36.8 Å². The van der Waals surface area contributed by atoms with Crippen molar-refractivity contribution in [1.29, 1.82) is 0 Å². The summed E-state index contributed by atoms with van der Waals surface area (Å²) < 4.78 is 6.04. The van der Waals surface area contributed by atoms with Gasteiger partial charge in [0.1, 0.15) is 11.3 Å². The molecule has 5 heteroatoms. The Bertz CT molecular complexity index is 957. The summed E-state index contributed by atoms with van der Waals surface area (Å²) in [7, 11) is 1.77. The van der Waals surface area contributed by atoms with Crippen LogP contribution in [0.4, 0.5) is 0 Å². The Labute approximate surface area is 158 Å². The second-order valence-corrected chi connectivity index (χ2v) is 6.71. The average Bonchev–Trinajstić information content (AvgIpc) is 3.03. The molecule has 0 radical (unpaired) electrons. The van der Waals surface area contributed by atoms with Crippen LogP contribution in [0.5, 0.6) is 0 Å². The van der Waals surface area contributed by atoms with Gasteiger partial charge in [0.2, 0.25) is 5.91 Å². The fraction of sp³-hybridized carbons (Fsp3) is 0.273. The molecule has 2 aromatic carbocycles. The molecule has 0 unspecified atom stereocenters. The summed E-state index contributed by atoms with van der Waals surface area (Å²) in [5.41, 5.74) is 8.07. The molecular weight excluding hydrogens is 340 g/mol. The highest BCUT2D eigenvalue weighted by Gasteiger charge is 2.19. The molecule has 0 aliphatic carbocycles. The number of hydrogen-bond acceptors (Lipinski definition) is 3. The lowest BCUT2D eigenvalue weighted by Gasteiger charge is -2.18. The van der Waals surface area contributed by atoms with E-state index in [1.165, 1.54) is 0 Å². The second kappa shape index (κ2) is 8.08. The van der Waals surface area contributed by atoms with Crippen LogP contribution in [0.2, 0.25) is 0 Å². The Balaban J connectivity index is 1.85. The number of unbranched alkanes of at least 4 members (excludes halogenated alkanes) is 1. The molecule has 2 N–H and O–H groups in total. The van der Waals surface area contributed by atoms with Crippen molar-refractivity contribution in [3.05, 3.63) is 71.0 Å². The first-order valence-electron chi connectivity index (χ1n) is 9.16. The van der Waals surface area contributed by atoms with Gasteiger partial charge in [0.05, 0.1) is 0 Å². The molecule has 27 heavy (non-hydrogen) atoms. The molecular formula is C22H24N2O3. The molecule has 1 heterocycles. The monoisotopic (exact) mass is 364 g/mol. The number of nitrogens with two attached hydrogens (primary N) is 1. The topological polar surface area (TPSA) is 76.5 Å². The maximum Gasteiger partial charge on any atom is 0.253 e. The number of para-hydroxylation sites is 1. The maximum atomic E-state index is 12.8. The average molecular weight is 364 g/mol. The van der Waals surface area contributed by atoms with Gasteiger partial charge in [-0.1, -0.05) is 31.5 Å². The second-order valence-electron chi connectivity index (χ2n) is 6.71. The van der Waals surface area contributed by atoms with Crippen molar-refractivity contribution in [2.45, 2.75) is 32.7 Å². The standard InChI is InChI=1S/C22H24N2O3/c1-3-4-8-20-18(17-7-5-6-9-19(17)27-20)14-24(2)22(26)16-12-10-15(11-13-16)21(23)25/h5-7,9-13H,3-4,8,14H2,1-2H3,(H2,23,25). The van der Waals surface area contributed by atoms with Crippen molar-refractivity contribution in [2.24, 2.45) is 5.73 Å². The van der Waals surface area contributed by atoms with Crippen LogP contribution in [0.15, 0.2) is 52.9 Å². The third-order valence-electron chi connectivity index (χ3n) is 4.70. The van der Waals surface area contributed by atoms with Crippen molar-refractivity contribution in [3.8, 4) is 0 Å². The number of hydrogen-bond donors (Lipinski definition) is 1. The molecule has 140 valence electrons. The number of carbonyl (C=O) groups is 2. The fourth-order valence-electron chi connectivity index (χ4n) is 3.17. The molecule has 1 aromatic heterocycles. The van der Waals surface area contributed by atoms with Crippen molar-refractivity contribution in [3.63, 3.8) is 0 Å². The summed E-state index contributed by atoms with van der Waals surface area (Å²) in [4.78, 5) is 25.7. The van der Waals surface area contributed by atoms with Crippen molar-refractivity contribution < 1.29 is 14.0 Å². The van der Waals surface area contributed by atoms with Crippen LogP contribution in [0.3, 0.4) is 0 Å². The van der Waals surface area contributed by atoms with Gasteiger partial charge in [0.25, 0.3) is 5.91 Å². The zero-order valence-electron chi connectivity index (χ0n) is 15.7. The Hall–Kier alpha value is -3.08. The van der Waals surface area contributed by atoms with E-state index in [2.05, 4.69) is 6.92 Å². The Kier molecular flexibility index (Phi) is 5.60. The maximum absolute atomic E-state index is 12.8. The first-order valence-corrected chi connectivity index (χ1v) is 9.16. The Morgan fingerprint density at radius 3 is 2.37 bits per heavy atom. The van der Waals surface area contributed by atoms with Crippen LogP contribution in [0, 0.1) is 0 Å². The predicted molar refractivity (Wildman–Crippen MR) is 106 cm³/mol. The van der Waals surface area contributed by atoms with E-state index in [9.17, 15) is 9.59 Å². The van der Waals surface area contributed by atoms with Crippen molar-refractivity contribution >= 4 is 22.8 Å². The lowest BCUT2D eigenvalue weighted by molar-refractivity contribution is 0.0784. The number of fused-ring (bicyclic) bond motifs is 1. The smallest absolute Gasteiger partial charge is 0.253 e. The summed E-state index contributed by atoms with van der Waals surface area (Å²) in [5, 5.41) is 1.05. The van der Waals surface area contributed by atoms with Crippen LogP contribution in [-0.4, -0.2) is 23.8 Å². The van der Waals surface area contributed by atoms with Crippen LogP contribution in [0.1, 0.15) is 51.8 Å². The third kappa shape index (κ3) is 4.03. The van der Waals surface area contributed by atoms with Crippen LogP contribution >= 0.6 is 0 Å². The summed E-state index contributed by atoms with van der Waals surface area (Å²) in [6.45, 7) is 2.61. The lowest BCUT2D eigenvalue weighted by Crippen LogP contribution is -2.26. The molecule has 0 atom stereocenters. The molecule has 0 saturated heterocycles. The number of furan rings is 1. The molecule has 0 bridgehead atoms. The number of benzene rings is 2. The van der Waals surface area contributed by atoms with Gasteiger partial charge in [-0.2, -0.15) is 0 Å². The largest absolute Gasteiger partial charge is 0.461 e.